The molecule has 0 spiro atoms. The maximum Gasteiger partial charge on any atom is 0.277 e. The monoisotopic (exact) mass is 292 g/mol. The molecule has 0 atom stereocenters. The van der Waals surface area contributed by atoms with Gasteiger partial charge in [0.05, 0.1) is 10.4 Å². The van der Waals surface area contributed by atoms with Crippen molar-refractivity contribution < 1.29 is 12.9 Å². The largest absolute Gasteiger partial charge is 0.341 e. The lowest BCUT2D eigenvalue weighted by atomic mass is 10.2. The maximum absolute atomic E-state index is 11.9. The van der Waals surface area contributed by atoms with Crippen molar-refractivity contribution in [2.75, 3.05) is 0 Å². The van der Waals surface area contributed by atoms with Crippen LogP contribution < -0.4 is 10.7 Å². The van der Waals surface area contributed by atoms with E-state index in [0.717, 1.165) is 6.39 Å². The Labute approximate surface area is 112 Å². The van der Waals surface area contributed by atoms with Crippen molar-refractivity contribution in [1.29, 1.82) is 0 Å². The molecule has 20 heavy (non-hydrogen) atoms. The van der Waals surface area contributed by atoms with E-state index in [-0.39, 0.29) is 16.4 Å². The molecule has 9 heteroatoms. The summed E-state index contributed by atoms with van der Waals surface area (Å²) in [5.74, 6) is 0.0731. The van der Waals surface area contributed by atoms with Crippen molar-refractivity contribution in [3.05, 3.63) is 47.1 Å². The normalized spacial score (nSPS) is 11.8. The minimum Gasteiger partial charge on any atom is -0.341 e. The Morgan fingerprint density at radius 1 is 1.20 bits per heavy atom. The summed E-state index contributed by atoms with van der Waals surface area (Å²) in [5.41, 5.74) is 0.0913. The van der Waals surface area contributed by atoms with Crippen molar-refractivity contribution in [2.45, 2.75) is 4.90 Å². The minimum atomic E-state index is -3.81. The van der Waals surface area contributed by atoms with Crippen molar-refractivity contribution in [3.8, 4) is 5.95 Å². The number of primary sulfonamides is 1. The number of rotatable bonds is 2. The Morgan fingerprint density at radius 3 is 2.65 bits per heavy atom. The Balaban J connectivity index is 2.37. The highest BCUT2D eigenvalue weighted by Crippen LogP contribution is 2.18. The molecule has 102 valence electrons. The number of nitrogens with two attached hydrogens (primary N) is 1. The van der Waals surface area contributed by atoms with Crippen LogP contribution in [-0.2, 0) is 10.0 Å². The Morgan fingerprint density at radius 2 is 2.00 bits per heavy atom. The molecular formula is C11H8N4O4S. The van der Waals surface area contributed by atoms with E-state index < -0.39 is 10.0 Å². The van der Waals surface area contributed by atoms with E-state index in [4.69, 9.17) is 5.14 Å². The summed E-state index contributed by atoms with van der Waals surface area (Å²) < 4.78 is 28.5. The highest BCUT2D eigenvalue weighted by Gasteiger charge is 2.13. The first-order chi connectivity index (χ1) is 9.47. The van der Waals surface area contributed by atoms with Gasteiger partial charge in [-0.05, 0) is 29.4 Å². The predicted octanol–water partition coefficient (Wildman–Crippen LogP) is 0.0211. The Kier molecular flexibility index (Phi) is 2.66. The van der Waals surface area contributed by atoms with Crippen LogP contribution in [0.3, 0.4) is 0 Å². The molecule has 0 fully saturated rings. The molecule has 0 saturated carbocycles. The summed E-state index contributed by atoms with van der Waals surface area (Å²) in [4.78, 5) is 15.7. The molecule has 0 aliphatic rings. The molecule has 0 radical (unpaired) electrons. The van der Waals surface area contributed by atoms with Gasteiger partial charge in [-0.15, -0.1) is 0 Å². The van der Waals surface area contributed by atoms with Gasteiger partial charge in [-0.2, -0.15) is 4.98 Å². The lowest BCUT2D eigenvalue weighted by Gasteiger charge is -2.06. The van der Waals surface area contributed by atoms with Crippen LogP contribution in [0.5, 0.6) is 0 Å². The third kappa shape index (κ3) is 1.98. The van der Waals surface area contributed by atoms with Crippen molar-refractivity contribution in [3.63, 3.8) is 0 Å². The first-order valence-corrected chi connectivity index (χ1v) is 6.97. The van der Waals surface area contributed by atoms with Gasteiger partial charge < -0.3 is 4.52 Å². The zero-order valence-corrected chi connectivity index (χ0v) is 10.7. The van der Waals surface area contributed by atoms with Crippen LogP contribution in [0.2, 0.25) is 0 Å². The Hall–Kier alpha value is -2.52. The fourth-order valence-corrected chi connectivity index (χ4v) is 2.42. The van der Waals surface area contributed by atoms with Crippen LogP contribution in [0.15, 0.2) is 50.9 Å². The summed E-state index contributed by atoms with van der Waals surface area (Å²) in [6.07, 6.45) is 1.10. The number of aromatic nitrogens is 3. The lowest BCUT2D eigenvalue weighted by Crippen LogP contribution is -2.19. The van der Waals surface area contributed by atoms with E-state index >= 15 is 0 Å². The topological polar surface area (TPSA) is 121 Å². The van der Waals surface area contributed by atoms with Gasteiger partial charge in [0.15, 0.2) is 0 Å². The third-order valence-corrected chi connectivity index (χ3v) is 3.65. The number of nitrogens with zero attached hydrogens (tertiary/aromatic N) is 3. The highest BCUT2D eigenvalue weighted by molar-refractivity contribution is 7.89. The van der Waals surface area contributed by atoms with E-state index in [2.05, 4.69) is 14.7 Å². The van der Waals surface area contributed by atoms with E-state index in [1.807, 2.05) is 0 Å². The van der Waals surface area contributed by atoms with Crippen LogP contribution in [0.4, 0.5) is 0 Å². The summed E-state index contributed by atoms with van der Waals surface area (Å²) >= 11 is 0. The van der Waals surface area contributed by atoms with E-state index in [1.54, 1.807) is 0 Å². The molecule has 0 saturated heterocycles. The summed E-state index contributed by atoms with van der Waals surface area (Å²) in [5, 5.41) is 9.19. The molecule has 0 amide bonds. The molecular weight excluding hydrogens is 284 g/mol. The molecule has 2 heterocycles. The molecule has 1 aromatic carbocycles. The standard InChI is InChI=1S/C11H8N4O4S/c12-20(17,18)8-2-3-9-7(5-8)1-4-10(16)15(9)11-13-6-19-14-11/h1-6H,(H2,12,17,18). The second-order valence-electron chi connectivity index (χ2n) is 4.00. The fraction of sp³-hybridized carbons (Fsp3) is 0. The second-order valence-corrected chi connectivity index (χ2v) is 5.57. The molecule has 0 aliphatic carbocycles. The molecule has 3 rings (SSSR count). The van der Waals surface area contributed by atoms with Crippen molar-refractivity contribution in [2.24, 2.45) is 5.14 Å². The lowest BCUT2D eigenvalue weighted by molar-refractivity contribution is 0.414. The van der Waals surface area contributed by atoms with E-state index in [9.17, 15) is 13.2 Å². The molecule has 8 nitrogen and oxygen atoms in total. The quantitative estimate of drug-likeness (QED) is 0.710. The van der Waals surface area contributed by atoms with Gasteiger partial charge in [0.25, 0.3) is 11.5 Å². The van der Waals surface area contributed by atoms with Gasteiger partial charge in [-0.1, -0.05) is 0 Å². The van der Waals surface area contributed by atoms with Crippen LogP contribution >= 0.6 is 0 Å². The third-order valence-electron chi connectivity index (χ3n) is 2.74. The molecule has 0 unspecified atom stereocenters. The average Bonchev–Trinajstić information content (AvgIpc) is 2.90. The first-order valence-electron chi connectivity index (χ1n) is 5.42. The minimum absolute atomic E-state index is 0.0386. The SMILES string of the molecule is NS(=O)(=O)c1ccc2c(ccc(=O)n2-c2ncon2)c1. The van der Waals surface area contributed by atoms with Crippen LogP contribution in [0, 0.1) is 0 Å². The van der Waals surface area contributed by atoms with Gasteiger partial charge in [-0.3, -0.25) is 4.79 Å². The number of hydrogen-bond donors (Lipinski definition) is 1. The summed E-state index contributed by atoms with van der Waals surface area (Å²) in [6.45, 7) is 0. The van der Waals surface area contributed by atoms with E-state index in [0.29, 0.717) is 10.9 Å². The fourth-order valence-electron chi connectivity index (χ4n) is 1.87. The molecule has 3 aromatic rings. The number of benzene rings is 1. The van der Waals surface area contributed by atoms with Crippen LogP contribution in [0.1, 0.15) is 0 Å². The van der Waals surface area contributed by atoms with Gasteiger partial charge in [0.1, 0.15) is 0 Å². The van der Waals surface area contributed by atoms with Gasteiger partial charge in [-0.25, -0.2) is 18.1 Å². The number of hydrogen-bond acceptors (Lipinski definition) is 6. The Bertz CT molecular complexity index is 944. The second kappa shape index (κ2) is 4.25. The smallest absolute Gasteiger partial charge is 0.277 e. The van der Waals surface area contributed by atoms with E-state index in [1.165, 1.54) is 34.9 Å². The summed E-state index contributed by atoms with van der Waals surface area (Å²) in [6, 6.07) is 6.94. The number of pyridine rings is 1. The number of sulfonamides is 1. The summed E-state index contributed by atoms with van der Waals surface area (Å²) in [7, 11) is -3.81. The van der Waals surface area contributed by atoms with Crippen LogP contribution in [0.25, 0.3) is 16.9 Å². The number of fused-ring (bicyclic) bond motifs is 1. The molecule has 0 aliphatic heterocycles. The highest BCUT2D eigenvalue weighted by atomic mass is 32.2. The molecule has 2 aromatic heterocycles. The van der Waals surface area contributed by atoms with Gasteiger partial charge in [0, 0.05) is 11.5 Å². The maximum atomic E-state index is 11.9. The zero-order chi connectivity index (χ0) is 14.3. The first kappa shape index (κ1) is 12.5. The van der Waals surface area contributed by atoms with Crippen LogP contribution in [-0.4, -0.2) is 23.1 Å². The zero-order valence-electron chi connectivity index (χ0n) is 9.92. The molecule has 0 bridgehead atoms. The van der Waals surface area contributed by atoms with Crippen molar-refractivity contribution >= 4 is 20.9 Å². The van der Waals surface area contributed by atoms with Crippen molar-refractivity contribution in [1.82, 2.24) is 14.7 Å². The van der Waals surface area contributed by atoms with Gasteiger partial charge >= 0.3 is 0 Å². The van der Waals surface area contributed by atoms with Gasteiger partial charge in [0.2, 0.25) is 16.4 Å². The predicted molar refractivity (Wildman–Crippen MR) is 68.8 cm³/mol. The average molecular weight is 292 g/mol. The molecule has 2 N–H and O–H groups in total.